The molecule has 1 atom stereocenters. The maximum Gasteiger partial charge on any atom is 1.00 e. The molecule has 0 nitrogen and oxygen atoms in total. The number of rotatable bonds is 0. The smallest absolute Gasteiger partial charge is 1.00 e. The largest absolute Gasteiger partial charge is 1.00 e. The van der Waals surface area contributed by atoms with Gasteiger partial charge in [-0.3, -0.25) is 0 Å². The SMILES string of the molecule is CC1=CC(C)C=C1.[H-].[Li+]. The quantitative estimate of drug-likeness (QED) is 0.353. The fraction of sp³-hybridized carbons (Fsp3) is 0.429. The van der Waals surface area contributed by atoms with Crippen LogP contribution in [0, 0.1) is 5.92 Å². The molecular weight excluding hydrogens is 91.0 g/mol. The summed E-state index contributed by atoms with van der Waals surface area (Å²) < 4.78 is 0. The van der Waals surface area contributed by atoms with Gasteiger partial charge in [-0.25, -0.2) is 0 Å². The van der Waals surface area contributed by atoms with Gasteiger partial charge in [0, 0.05) is 0 Å². The monoisotopic (exact) mass is 102 g/mol. The van der Waals surface area contributed by atoms with Crippen molar-refractivity contribution in [3.63, 3.8) is 0 Å². The van der Waals surface area contributed by atoms with Crippen LogP contribution in [0.3, 0.4) is 0 Å². The first-order chi connectivity index (χ1) is 3.29. The summed E-state index contributed by atoms with van der Waals surface area (Å²) in [5.41, 5.74) is 1.40. The summed E-state index contributed by atoms with van der Waals surface area (Å²) in [4.78, 5) is 0. The Bertz CT molecular complexity index is 127. The van der Waals surface area contributed by atoms with Gasteiger partial charge in [0.05, 0.1) is 0 Å². The van der Waals surface area contributed by atoms with Crippen molar-refractivity contribution in [2.24, 2.45) is 5.92 Å². The van der Waals surface area contributed by atoms with Crippen LogP contribution in [0.1, 0.15) is 15.3 Å². The minimum atomic E-state index is 0. The Morgan fingerprint density at radius 3 is 2.38 bits per heavy atom. The summed E-state index contributed by atoms with van der Waals surface area (Å²) in [5, 5.41) is 0. The molecule has 0 amide bonds. The fourth-order valence-corrected chi connectivity index (χ4v) is 0.829. The van der Waals surface area contributed by atoms with Crippen molar-refractivity contribution >= 4 is 0 Å². The molecule has 0 spiro atoms. The van der Waals surface area contributed by atoms with Crippen LogP contribution in [0.5, 0.6) is 0 Å². The predicted octanol–water partition coefficient (Wildman–Crippen LogP) is -0.745. The maximum atomic E-state index is 2.25. The predicted molar refractivity (Wildman–Crippen MR) is 33.2 cm³/mol. The van der Waals surface area contributed by atoms with Gasteiger partial charge in [0.25, 0.3) is 0 Å². The van der Waals surface area contributed by atoms with Gasteiger partial charge in [-0.2, -0.15) is 0 Å². The van der Waals surface area contributed by atoms with Gasteiger partial charge in [0.15, 0.2) is 0 Å². The molecule has 0 bridgehead atoms. The minimum Gasteiger partial charge on any atom is -1.00 e. The first-order valence-electron chi connectivity index (χ1n) is 2.65. The molecule has 0 heterocycles. The van der Waals surface area contributed by atoms with Gasteiger partial charge in [-0.1, -0.05) is 30.7 Å². The Kier molecular flexibility index (Phi) is 3.20. The summed E-state index contributed by atoms with van der Waals surface area (Å²) in [6.45, 7) is 4.31. The first-order valence-corrected chi connectivity index (χ1v) is 2.65. The van der Waals surface area contributed by atoms with Crippen molar-refractivity contribution in [2.45, 2.75) is 13.8 Å². The third-order valence-electron chi connectivity index (χ3n) is 1.19. The summed E-state index contributed by atoms with van der Waals surface area (Å²) in [6.07, 6.45) is 6.61. The van der Waals surface area contributed by atoms with Crippen LogP contribution < -0.4 is 18.9 Å². The summed E-state index contributed by atoms with van der Waals surface area (Å²) >= 11 is 0. The van der Waals surface area contributed by atoms with Gasteiger partial charge in [0.2, 0.25) is 0 Å². The second kappa shape index (κ2) is 3.17. The Labute approximate surface area is 64.3 Å². The number of hydrogen-bond donors (Lipinski definition) is 0. The molecule has 0 saturated heterocycles. The summed E-state index contributed by atoms with van der Waals surface area (Å²) in [6, 6.07) is 0. The van der Waals surface area contributed by atoms with Crippen molar-refractivity contribution in [3.8, 4) is 0 Å². The van der Waals surface area contributed by atoms with Crippen molar-refractivity contribution in [1.29, 1.82) is 0 Å². The minimum absolute atomic E-state index is 0. The third-order valence-corrected chi connectivity index (χ3v) is 1.19. The Balaban J connectivity index is 0. The molecule has 8 heavy (non-hydrogen) atoms. The van der Waals surface area contributed by atoms with Crippen LogP contribution in [0.2, 0.25) is 0 Å². The van der Waals surface area contributed by atoms with Crippen molar-refractivity contribution < 1.29 is 20.3 Å². The maximum absolute atomic E-state index is 2.25. The molecule has 0 aliphatic heterocycles. The molecule has 0 aromatic rings. The van der Waals surface area contributed by atoms with Gasteiger partial charge in [-0.05, 0) is 12.8 Å². The molecule has 1 aliphatic rings. The van der Waals surface area contributed by atoms with Crippen LogP contribution in [0.15, 0.2) is 23.8 Å². The number of hydrogen-bond acceptors (Lipinski definition) is 0. The standard InChI is InChI=1S/C7H10.Li.H/c1-6-3-4-7(2)5-6;;/h3-6H,1-2H3;;/q;+1;-1. The van der Waals surface area contributed by atoms with Crippen LogP contribution in [0.25, 0.3) is 0 Å². The van der Waals surface area contributed by atoms with Gasteiger partial charge in [0.1, 0.15) is 0 Å². The van der Waals surface area contributed by atoms with E-state index >= 15 is 0 Å². The molecular formula is C7H11Li. The Morgan fingerprint density at radius 2 is 2.25 bits per heavy atom. The van der Waals surface area contributed by atoms with Gasteiger partial charge >= 0.3 is 18.9 Å². The zero-order chi connectivity index (χ0) is 5.28. The first kappa shape index (κ1) is 8.08. The molecule has 0 aromatic heterocycles. The molecule has 0 fully saturated rings. The van der Waals surface area contributed by atoms with Crippen molar-refractivity contribution in [3.05, 3.63) is 23.8 Å². The topological polar surface area (TPSA) is 0 Å². The fourth-order valence-electron chi connectivity index (χ4n) is 0.829. The van der Waals surface area contributed by atoms with E-state index in [9.17, 15) is 0 Å². The van der Waals surface area contributed by atoms with E-state index in [1.807, 2.05) is 0 Å². The normalized spacial score (nSPS) is 24.8. The van der Waals surface area contributed by atoms with E-state index in [0.717, 1.165) is 0 Å². The average Bonchev–Trinajstić information content (AvgIpc) is 1.87. The zero-order valence-electron chi connectivity index (χ0n) is 6.81. The Morgan fingerprint density at radius 1 is 1.62 bits per heavy atom. The van der Waals surface area contributed by atoms with E-state index in [1.165, 1.54) is 5.57 Å². The van der Waals surface area contributed by atoms with E-state index in [1.54, 1.807) is 0 Å². The molecule has 1 heteroatoms. The molecule has 0 saturated carbocycles. The molecule has 0 N–H and O–H groups in total. The Hall–Kier alpha value is 0.0774. The molecule has 1 rings (SSSR count). The second-order valence-corrected chi connectivity index (χ2v) is 2.13. The van der Waals surface area contributed by atoms with Gasteiger partial charge < -0.3 is 1.43 Å². The molecule has 0 radical (unpaired) electrons. The summed E-state index contributed by atoms with van der Waals surface area (Å²) in [5.74, 6) is 0.681. The zero-order valence-corrected chi connectivity index (χ0v) is 5.81. The van der Waals surface area contributed by atoms with E-state index in [4.69, 9.17) is 0 Å². The number of allylic oxidation sites excluding steroid dienone is 4. The second-order valence-electron chi connectivity index (χ2n) is 2.13. The third kappa shape index (κ3) is 1.90. The average molecular weight is 102 g/mol. The van der Waals surface area contributed by atoms with Crippen molar-refractivity contribution in [1.82, 2.24) is 0 Å². The van der Waals surface area contributed by atoms with E-state index < -0.39 is 0 Å². The molecule has 1 unspecified atom stereocenters. The van der Waals surface area contributed by atoms with E-state index in [-0.39, 0.29) is 20.3 Å². The molecule has 1 aliphatic carbocycles. The van der Waals surface area contributed by atoms with Crippen LogP contribution in [-0.2, 0) is 0 Å². The van der Waals surface area contributed by atoms with Crippen molar-refractivity contribution in [2.75, 3.05) is 0 Å². The molecule has 0 aromatic carbocycles. The van der Waals surface area contributed by atoms with Crippen LogP contribution in [0.4, 0.5) is 0 Å². The van der Waals surface area contributed by atoms with Gasteiger partial charge in [-0.15, -0.1) is 0 Å². The van der Waals surface area contributed by atoms with E-state index in [0.29, 0.717) is 5.92 Å². The van der Waals surface area contributed by atoms with Crippen LogP contribution >= 0.6 is 0 Å². The van der Waals surface area contributed by atoms with Crippen LogP contribution in [-0.4, -0.2) is 0 Å². The summed E-state index contributed by atoms with van der Waals surface area (Å²) in [7, 11) is 0. The van der Waals surface area contributed by atoms with E-state index in [2.05, 4.69) is 32.1 Å². The molecule has 40 valence electrons.